The summed E-state index contributed by atoms with van der Waals surface area (Å²) in [6.07, 6.45) is 0. The minimum Gasteiger partial charge on any atom is -0.423 e. The summed E-state index contributed by atoms with van der Waals surface area (Å²) in [7, 11) is 0. The second kappa shape index (κ2) is 8.45. The van der Waals surface area contributed by atoms with Gasteiger partial charge in [0.25, 0.3) is 0 Å². The number of rotatable bonds is 7. The molecule has 0 saturated heterocycles. The lowest BCUT2D eigenvalue weighted by Crippen LogP contribution is -2.17. The summed E-state index contributed by atoms with van der Waals surface area (Å²) in [4.78, 5) is 0. The molecule has 4 aromatic rings. The van der Waals surface area contributed by atoms with Crippen LogP contribution in [0, 0.1) is 0 Å². The van der Waals surface area contributed by atoms with Crippen LogP contribution in [0.15, 0.2) is 84.9 Å². The Labute approximate surface area is 163 Å². The van der Waals surface area contributed by atoms with E-state index >= 15 is 0 Å². The van der Waals surface area contributed by atoms with Crippen LogP contribution >= 0.6 is 0 Å². The van der Waals surface area contributed by atoms with Crippen molar-refractivity contribution in [3.8, 4) is 17.4 Å². The molecule has 6 heteroatoms. The number of hydrogen-bond acceptors (Lipinski definition) is 5. The van der Waals surface area contributed by atoms with Gasteiger partial charge in [-0.05, 0) is 52.7 Å². The molecule has 0 aliphatic heterocycles. The lowest BCUT2D eigenvalue weighted by molar-refractivity contribution is 0.427. The molecule has 1 heterocycles. The number of para-hydroxylation sites is 1. The van der Waals surface area contributed by atoms with Crippen LogP contribution in [0.4, 0.5) is 0 Å². The molecule has 6 nitrogen and oxygen atoms in total. The molecule has 0 aliphatic rings. The van der Waals surface area contributed by atoms with Gasteiger partial charge in [0.1, 0.15) is 5.75 Å². The highest BCUT2D eigenvalue weighted by Crippen LogP contribution is 2.22. The molecule has 1 aromatic heterocycles. The molecule has 3 aromatic carbocycles. The van der Waals surface area contributed by atoms with Crippen LogP contribution in [0.1, 0.15) is 24.1 Å². The summed E-state index contributed by atoms with van der Waals surface area (Å²) >= 11 is 0. The lowest BCUT2D eigenvalue weighted by atomic mass is 10.1. The minimum atomic E-state index is 0.285. The summed E-state index contributed by atoms with van der Waals surface area (Å²) in [5, 5.41) is 15.2. The van der Waals surface area contributed by atoms with Gasteiger partial charge in [-0.2, -0.15) is 4.68 Å². The van der Waals surface area contributed by atoms with Crippen LogP contribution in [0.3, 0.4) is 0 Å². The maximum atomic E-state index is 5.86. The molecule has 4 rings (SSSR count). The Hall–Kier alpha value is -3.51. The van der Waals surface area contributed by atoms with E-state index in [9.17, 15) is 0 Å². The average molecular weight is 371 g/mol. The van der Waals surface area contributed by atoms with Gasteiger partial charge < -0.3 is 10.1 Å². The zero-order valence-corrected chi connectivity index (χ0v) is 15.6. The monoisotopic (exact) mass is 371 g/mol. The summed E-state index contributed by atoms with van der Waals surface area (Å²) in [5.74, 6) is 0.687. The van der Waals surface area contributed by atoms with Crippen molar-refractivity contribution < 1.29 is 4.74 Å². The van der Waals surface area contributed by atoms with Gasteiger partial charge in [-0.3, -0.25) is 0 Å². The number of hydrogen-bond donors (Lipinski definition) is 1. The number of tetrazole rings is 1. The summed E-state index contributed by atoms with van der Waals surface area (Å²) in [6.45, 7) is 2.94. The van der Waals surface area contributed by atoms with Gasteiger partial charge in [0.15, 0.2) is 0 Å². The highest BCUT2D eigenvalue weighted by Gasteiger charge is 2.10. The van der Waals surface area contributed by atoms with E-state index in [0.717, 1.165) is 12.2 Å². The molecule has 140 valence electrons. The zero-order chi connectivity index (χ0) is 19.2. The molecule has 1 unspecified atom stereocenters. The van der Waals surface area contributed by atoms with Crippen LogP contribution < -0.4 is 10.1 Å². The number of aromatic nitrogens is 4. The van der Waals surface area contributed by atoms with Crippen molar-refractivity contribution in [1.29, 1.82) is 0 Å². The fourth-order valence-corrected chi connectivity index (χ4v) is 2.89. The first-order valence-electron chi connectivity index (χ1n) is 9.18. The lowest BCUT2D eigenvalue weighted by Gasteiger charge is -2.14. The summed E-state index contributed by atoms with van der Waals surface area (Å²) < 4.78 is 7.43. The minimum absolute atomic E-state index is 0.285. The van der Waals surface area contributed by atoms with Crippen molar-refractivity contribution in [3.05, 3.63) is 96.1 Å². The predicted molar refractivity (Wildman–Crippen MR) is 107 cm³/mol. The van der Waals surface area contributed by atoms with Gasteiger partial charge in [-0.1, -0.05) is 65.8 Å². The van der Waals surface area contributed by atoms with E-state index < -0.39 is 0 Å². The number of nitrogens with zero attached hydrogens (tertiary/aromatic N) is 4. The van der Waals surface area contributed by atoms with E-state index in [1.54, 1.807) is 4.68 Å². The summed E-state index contributed by atoms with van der Waals surface area (Å²) in [5.41, 5.74) is 3.30. The van der Waals surface area contributed by atoms with E-state index in [2.05, 4.69) is 52.0 Å². The normalized spacial score (nSPS) is 11.9. The number of ether oxygens (including phenoxy) is 1. The van der Waals surface area contributed by atoms with Gasteiger partial charge >= 0.3 is 6.01 Å². The second-order valence-corrected chi connectivity index (χ2v) is 6.47. The van der Waals surface area contributed by atoms with E-state index in [0.29, 0.717) is 11.8 Å². The Morgan fingerprint density at radius 2 is 1.57 bits per heavy atom. The Kier molecular flexibility index (Phi) is 5.40. The molecule has 1 atom stereocenters. The Morgan fingerprint density at radius 3 is 2.29 bits per heavy atom. The van der Waals surface area contributed by atoms with Crippen LogP contribution in [-0.2, 0) is 6.54 Å². The van der Waals surface area contributed by atoms with Gasteiger partial charge in [0, 0.05) is 12.6 Å². The molecule has 0 aliphatic carbocycles. The van der Waals surface area contributed by atoms with E-state index in [1.165, 1.54) is 11.1 Å². The van der Waals surface area contributed by atoms with Crippen molar-refractivity contribution in [2.45, 2.75) is 19.5 Å². The molecule has 1 N–H and O–H groups in total. The van der Waals surface area contributed by atoms with Crippen molar-refractivity contribution in [2.24, 2.45) is 0 Å². The molecule has 0 spiro atoms. The van der Waals surface area contributed by atoms with E-state index in [4.69, 9.17) is 4.74 Å². The molecule has 28 heavy (non-hydrogen) atoms. The third-order valence-corrected chi connectivity index (χ3v) is 4.49. The topological polar surface area (TPSA) is 64.9 Å². The van der Waals surface area contributed by atoms with Gasteiger partial charge in [-0.25, -0.2) is 0 Å². The third kappa shape index (κ3) is 4.24. The molecule has 0 fully saturated rings. The molecular formula is C22H21N5O. The maximum Gasteiger partial charge on any atom is 0.345 e. The first-order chi connectivity index (χ1) is 13.8. The highest BCUT2D eigenvalue weighted by molar-refractivity contribution is 5.34. The van der Waals surface area contributed by atoms with Crippen LogP contribution in [0.5, 0.6) is 11.8 Å². The first kappa shape index (κ1) is 17.9. The molecule has 0 bridgehead atoms. The smallest absolute Gasteiger partial charge is 0.345 e. The van der Waals surface area contributed by atoms with Crippen LogP contribution in [-0.4, -0.2) is 20.2 Å². The van der Waals surface area contributed by atoms with Gasteiger partial charge in [-0.15, -0.1) is 0 Å². The standard InChI is InChI=1S/C22H21N5O/c1-17(19-8-4-2-5-9-19)23-16-18-12-14-21(15-13-18)28-22-24-25-26-27(22)20-10-6-3-7-11-20/h2-15,17,23H,16H2,1H3. The second-order valence-electron chi connectivity index (χ2n) is 6.47. The molecule has 0 radical (unpaired) electrons. The predicted octanol–water partition coefficient (Wildman–Crippen LogP) is 4.31. The Balaban J connectivity index is 1.39. The van der Waals surface area contributed by atoms with E-state index in [1.807, 2.05) is 60.7 Å². The van der Waals surface area contributed by atoms with Gasteiger partial charge in [0.05, 0.1) is 5.69 Å². The average Bonchev–Trinajstić information content (AvgIpc) is 3.22. The number of benzene rings is 3. The van der Waals surface area contributed by atoms with Gasteiger partial charge in [0.2, 0.25) is 0 Å². The fraction of sp³-hybridized carbons (Fsp3) is 0.136. The van der Waals surface area contributed by atoms with Crippen molar-refractivity contribution in [1.82, 2.24) is 25.5 Å². The molecule has 0 saturated carbocycles. The fourth-order valence-electron chi connectivity index (χ4n) is 2.89. The zero-order valence-electron chi connectivity index (χ0n) is 15.6. The maximum absolute atomic E-state index is 5.86. The largest absolute Gasteiger partial charge is 0.423 e. The van der Waals surface area contributed by atoms with Crippen LogP contribution in [0.2, 0.25) is 0 Å². The Morgan fingerprint density at radius 1 is 0.893 bits per heavy atom. The third-order valence-electron chi connectivity index (χ3n) is 4.49. The quantitative estimate of drug-likeness (QED) is 0.524. The van der Waals surface area contributed by atoms with Crippen molar-refractivity contribution in [3.63, 3.8) is 0 Å². The summed E-state index contributed by atoms with van der Waals surface area (Å²) in [6, 6.07) is 28.6. The molecule has 0 amide bonds. The number of nitrogens with one attached hydrogen (secondary N) is 1. The Bertz CT molecular complexity index is 1000. The van der Waals surface area contributed by atoms with E-state index in [-0.39, 0.29) is 6.04 Å². The first-order valence-corrected chi connectivity index (χ1v) is 9.18. The van der Waals surface area contributed by atoms with Crippen molar-refractivity contribution >= 4 is 0 Å². The highest BCUT2D eigenvalue weighted by atomic mass is 16.5. The van der Waals surface area contributed by atoms with Crippen molar-refractivity contribution in [2.75, 3.05) is 0 Å². The van der Waals surface area contributed by atoms with Crippen LogP contribution in [0.25, 0.3) is 5.69 Å². The molecular weight excluding hydrogens is 350 g/mol. The SMILES string of the molecule is CC(NCc1ccc(Oc2nnnn2-c2ccccc2)cc1)c1ccccc1.